The zero-order valence-electron chi connectivity index (χ0n) is 6.06. The second-order valence-corrected chi connectivity index (χ2v) is 3.68. The first kappa shape index (κ1) is 9.92. The average molecular weight is 299 g/mol. The maximum atomic E-state index is 11.8. The largest absolute Gasteiger partial charge is 0.488 e. The zero-order valence-corrected chi connectivity index (χ0v) is 9.23. The lowest BCUT2D eigenvalue weighted by atomic mass is 10.4. The quantitative estimate of drug-likeness (QED) is 0.856. The molecule has 0 bridgehead atoms. The lowest BCUT2D eigenvalue weighted by Crippen LogP contribution is -2.00. The molecule has 0 radical (unpaired) electrons. The first-order chi connectivity index (χ1) is 5.75. The molecule has 0 aliphatic rings. The summed E-state index contributed by atoms with van der Waals surface area (Å²) in [4.78, 5) is 3.89. The molecule has 0 spiro atoms. The van der Waals surface area contributed by atoms with Crippen LogP contribution in [0.25, 0.3) is 0 Å². The van der Waals surface area contributed by atoms with Gasteiger partial charge in [-0.05, 0) is 31.9 Å². The number of halogens is 3. The second kappa shape index (κ2) is 4.77. The van der Waals surface area contributed by atoms with E-state index in [1.165, 1.54) is 0 Å². The van der Waals surface area contributed by atoms with Gasteiger partial charge < -0.3 is 4.74 Å². The molecule has 66 valence electrons. The summed E-state index contributed by atoms with van der Waals surface area (Å²) < 4.78 is 18.3. The third-order valence-corrected chi connectivity index (χ3v) is 2.26. The molecule has 0 fully saturated rings. The van der Waals surface area contributed by atoms with Crippen LogP contribution in [0.2, 0.25) is 0 Å². The van der Waals surface area contributed by atoms with Gasteiger partial charge in [0.2, 0.25) is 0 Å². The van der Waals surface area contributed by atoms with Crippen molar-refractivity contribution in [3.8, 4) is 5.75 Å². The smallest absolute Gasteiger partial charge is 0.150 e. The molecule has 0 N–H and O–H groups in total. The minimum Gasteiger partial charge on any atom is -0.488 e. The van der Waals surface area contributed by atoms with Crippen LogP contribution in [0.5, 0.6) is 5.75 Å². The lowest BCUT2D eigenvalue weighted by molar-refractivity contribution is 0.270. The molecule has 1 rings (SSSR count). The molecule has 1 aromatic rings. The number of hydrogen-bond acceptors (Lipinski definition) is 2. The third-order valence-electron chi connectivity index (χ3n) is 1.13. The van der Waals surface area contributed by atoms with Crippen LogP contribution in [0, 0.1) is 0 Å². The van der Waals surface area contributed by atoms with Crippen molar-refractivity contribution < 1.29 is 9.13 Å². The first-order valence-electron chi connectivity index (χ1n) is 3.23. The van der Waals surface area contributed by atoms with Crippen molar-refractivity contribution in [3.05, 3.63) is 21.3 Å². The number of alkyl halides is 1. The highest BCUT2D eigenvalue weighted by Gasteiger charge is 2.05. The van der Waals surface area contributed by atoms with Crippen LogP contribution >= 0.6 is 31.9 Å². The van der Waals surface area contributed by atoms with Crippen molar-refractivity contribution in [2.24, 2.45) is 0 Å². The molecule has 0 aliphatic heterocycles. The van der Waals surface area contributed by atoms with E-state index in [1.807, 2.05) is 0 Å². The summed E-state index contributed by atoms with van der Waals surface area (Å²) in [7, 11) is 0. The SMILES string of the molecule is FCCOc1c(Br)cncc1Br. The molecule has 1 heterocycles. The molecular formula is C7H6Br2FNO. The lowest BCUT2D eigenvalue weighted by Gasteiger charge is -2.06. The van der Waals surface area contributed by atoms with Gasteiger partial charge in [0, 0.05) is 12.4 Å². The molecule has 0 aromatic carbocycles. The standard InChI is InChI=1S/C7H6Br2FNO/c8-5-3-11-4-6(9)7(5)12-2-1-10/h3-4H,1-2H2. The average Bonchev–Trinajstić information content (AvgIpc) is 2.04. The van der Waals surface area contributed by atoms with Gasteiger partial charge in [0.05, 0.1) is 8.95 Å². The summed E-state index contributed by atoms with van der Waals surface area (Å²) in [6.45, 7) is -0.442. The van der Waals surface area contributed by atoms with Crippen LogP contribution in [-0.2, 0) is 0 Å². The Morgan fingerprint density at radius 1 is 1.33 bits per heavy atom. The van der Waals surface area contributed by atoms with E-state index in [2.05, 4.69) is 36.8 Å². The predicted octanol–water partition coefficient (Wildman–Crippen LogP) is 2.95. The molecule has 0 saturated carbocycles. The topological polar surface area (TPSA) is 22.1 Å². The maximum absolute atomic E-state index is 11.8. The fourth-order valence-corrected chi connectivity index (χ4v) is 1.84. The molecule has 5 heteroatoms. The Hall–Kier alpha value is -0.160. The molecule has 2 nitrogen and oxygen atoms in total. The normalized spacial score (nSPS) is 9.92. The van der Waals surface area contributed by atoms with Crippen LogP contribution in [0.1, 0.15) is 0 Å². The summed E-state index contributed by atoms with van der Waals surface area (Å²) in [6.07, 6.45) is 3.19. The number of nitrogens with zero attached hydrogens (tertiary/aromatic N) is 1. The number of hydrogen-bond donors (Lipinski definition) is 0. The number of rotatable bonds is 3. The minimum atomic E-state index is -0.499. The molecular weight excluding hydrogens is 293 g/mol. The third kappa shape index (κ3) is 2.42. The van der Waals surface area contributed by atoms with Gasteiger partial charge in [-0.1, -0.05) is 0 Å². The van der Waals surface area contributed by atoms with Gasteiger partial charge in [0.25, 0.3) is 0 Å². The van der Waals surface area contributed by atoms with E-state index in [0.717, 1.165) is 0 Å². The maximum Gasteiger partial charge on any atom is 0.150 e. The van der Waals surface area contributed by atoms with E-state index in [9.17, 15) is 4.39 Å². The van der Waals surface area contributed by atoms with Gasteiger partial charge in [0.1, 0.15) is 13.3 Å². The summed E-state index contributed by atoms with van der Waals surface area (Å²) in [5, 5.41) is 0. The molecule has 1 aromatic heterocycles. The first-order valence-corrected chi connectivity index (χ1v) is 4.82. The Balaban J connectivity index is 2.81. The van der Waals surface area contributed by atoms with Gasteiger partial charge in [-0.3, -0.25) is 4.98 Å². The van der Waals surface area contributed by atoms with Gasteiger partial charge in [-0.15, -0.1) is 0 Å². The Labute approximate surface area is 86.4 Å². The van der Waals surface area contributed by atoms with Crippen molar-refractivity contribution in [1.82, 2.24) is 4.98 Å². The summed E-state index contributed by atoms with van der Waals surface area (Å²) in [5.74, 6) is 0.586. The van der Waals surface area contributed by atoms with Gasteiger partial charge in [-0.25, -0.2) is 4.39 Å². The van der Waals surface area contributed by atoms with E-state index < -0.39 is 6.67 Å². The van der Waals surface area contributed by atoms with Crippen molar-refractivity contribution >= 4 is 31.9 Å². The predicted molar refractivity (Wildman–Crippen MR) is 51.1 cm³/mol. The summed E-state index contributed by atoms with van der Waals surface area (Å²) >= 11 is 6.47. The highest BCUT2D eigenvalue weighted by atomic mass is 79.9. The van der Waals surface area contributed by atoms with Crippen LogP contribution in [0.4, 0.5) is 4.39 Å². The molecule has 0 saturated heterocycles. The molecule has 0 atom stereocenters. The van der Waals surface area contributed by atoms with Crippen LogP contribution in [0.3, 0.4) is 0 Å². The summed E-state index contributed by atoms with van der Waals surface area (Å²) in [5.41, 5.74) is 0. The van der Waals surface area contributed by atoms with Crippen LogP contribution in [-0.4, -0.2) is 18.3 Å². The van der Waals surface area contributed by atoms with Crippen molar-refractivity contribution in [3.63, 3.8) is 0 Å². The van der Waals surface area contributed by atoms with E-state index in [1.54, 1.807) is 12.4 Å². The fraction of sp³-hybridized carbons (Fsp3) is 0.286. The van der Waals surface area contributed by atoms with E-state index in [4.69, 9.17) is 4.74 Å². The number of aromatic nitrogens is 1. The Kier molecular flexibility index (Phi) is 3.94. The molecule has 0 aliphatic carbocycles. The Morgan fingerprint density at radius 2 is 1.92 bits per heavy atom. The van der Waals surface area contributed by atoms with E-state index >= 15 is 0 Å². The highest BCUT2D eigenvalue weighted by Crippen LogP contribution is 2.31. The second-order valence-electron chi connectivity index (χ2n) is 1.97. The zero-order chi connectivity index (χ0) is 8.97. The van der Waals surface area contributed by atoms with Crippen molar-refractivity contribution in [2.45, 2.75) is 0 Å². The van der Waals surface area contributed by atoms with Gasteiger partial charge >= 0.3 is 0 Å². The number of ether oxygens (including phenoxy) is 1. The van der Waals surface area contributed by atoms with Crippen molar-refractivity contribution in [2.75, 3.05) is 13.3 Å². The van der Waals surface area contributed by atoms with Gasteiger partial charge in [0.15, 0.2) is 5.75 Å². The van der Waals surface area contributed by atoms with E-state index in [-0.39, 0.29) is 6.61 Å². The Bertz CT molecular complexity index is 249. The van der Waals surface area contributed by atoms with Crippen LogP contribution < -0.4 is 4.74 Å². The van der Waals surface area contributed by atoms with E-state index in [0.29, 0.717) is 14.7 Å². The molecule has 12 heavy (non-hydrogen) atoms. The van der Waals surface area contributed by atoms with Crippen LogP contribution in [0.15, 0.2) is 21.3 Å². The number of pyridine rings is 1. The van der Waals surface area contributed by atoms with Gasteiger partial charge in [-0.2, -0.15) is 0 Å². The highest BCUT2D eigenvalue weighted by molar-refractivity contribution is 9.11. The van der Waals surface area contributed by atoms with Crippen molar-refractivity contribution in [1.29, 1.82) is 0 Å². The minimum absolute atomic E-state index is 0.0568. The summed E-state index contributed by atoms with van der Waals surface area (Å²) in [6, 6.07) is 0. The Morgan fingerprint density at radius 3 is 2.42 bits per heavy atom. The molecule has 0 amide bonds. The fourth-order valence-electron chi connectivity index (χ4n) is 0.678. The molecule has 0 unspecified atom stereocenters. The monoisotopic (exact) mass is 297 g/mol.